The molecule has 0 atom stereocenters. The van der Waals surface area contributed by atoms with E-state index in [1.54, 1.807) is 0 Å². The maximum Gasteiger partial charge on any atom is 0.491 e. The van der Waals surface area contributed by atoms with Crippen molar-refractivity contribution in [3.63, 3.8) is 0 Å². The first kappa shape index (κ1) is 3.64. The number of pyridine rings is 1. The molecule has 0 aromatic carbocycles. The van der Waals surface area contributed by atoms with Crippen molar-refractivity contribution in [1.29, 1.82) is 0 Å². The molecule has 2 N–H and O–H groups in total. The molecule has 0 bridgehead atoms. The quantitative estimate of drug-likeness (QED) is 0.529. The standard InChI is InChI=1S/C6H7BFNO2/c1-4-2-5(7(10)11)6(8)3-9-4/h2-3,10-11H,1H3/i1D3,2D,3D. The zero-order chi connectivity index (χ0) is 12.7. The molecule has 3 nitrogen and oxygen atoms in total. The topological polar surface area (TPSA) is 53.4 Å². The number of aromatic nitrogens is 1. The van der Waals surface area contributed by atoms with Gasteiger partial charge in [0.05, 0.1) is 8.91 Å². The van der Waals surface area contributed by atoms with E-state index < -0.39 is 43.2 Å². The van der Waals surface area contributed by atoms with Crippen LogP contribution in [0.4, 0.5) is 4.39 Å². The Hall–Kier alpha value is -0.935. The van der Waals surface area contributed by atoms with Crippen molar-refractivity contribution in [2.75, 3.05) is 0 Å². The van der Waals surface area contributed by atoms with Gasteiger partial charge in [-0.15, -0.1) is 0 Å². The van der Waals surface area contributed by atoms with Gasteiger partial charge >= 0.3 is 7.12 Å². The lowest BCUT2D eigenvalue weighted by Gasteiger charge is -2.00. The molecule has 0 spiro atoms. The predicted octanol–water partition coefficient (Wildman–Crippen LogP) is -0.791. The summed E-state index contributed by atoms with van der Waals surface area (Å²) in [6, 6.07) is -0.927. The molecule has 1 aromatic rings. The molecule has 11 heavy (non-hydrogen) atoms. The minimum atomic E-state index is -2.82. The lowest BCUT2D eigenvalue weighted by molar-refractivity contribution is 0.422. The first-order valence-electron chi connectivity index (χ1n) is 5.19. The normalized spacial score (nSPS) is 17.5. The summed E-state index contributed by atoms with van der Waals surface area (Å²) < 4.78 is 48.5. The Kier molecular flexibility index (Phi) is 0.987. The van der Waals surface area contributed by atoms with Crippen LogP contribution in [0.1, 0.15) is 12.5 Å². The third-order valence-electron chi connectivity index (χ3n) is 1.01. The van der Waals surface area contributed by atoms with E-state index >= 15 is 0 Å². The van der Waals surface area contributed by atoms with Crippen LogP contribution in [-0.4, -0.2) is 22.2 Å². The molecule has 0 saturated carbocycles. The van der Waals surface area contributed by atoms with Gasteiger partial charge in [-0.25, -0.2) is 4.39 Å². The molecule has 0 aliphatic rings. The monoisotopic (exact) mass is 160 g/mol. The van der Waals surface area contributed by atoms with Crippen LogP contribution in [0, 0.1) is 12.7 Å². The van der Waals surface area contributed by atoms with Crippen LogP contribution in [0.15, 0.2) is 12.2 Å². The lowest BCUT2D eigenvalue weighted by Crippen LogP contribution is -2.33. The average molecular weight is 160 g/mol. The number of nitrogens with zero attached hydrogens (tertiary/aromatic N) is 1. The van der Waals surface area contributed by atoms with Crippen LogP contribution >= 0.6 is 0 Å². The van der Waals surface area contributed by atoms with Gasteiger partial charge in [0.25, 0.3) is 0 Å². The van der Waals surface area contributed by atoms with Crippen LogP contribution in [-0.2, 0) is 0 Å². The first-order chi connectivity index (χ1) is 7.16. The summed E-state index contributed by atoms with van der Waals surface area (Å²) in [5.74, 6) is -1.41. The molecule has 58 valence electrons. The summed E-state index contributed by atoms with van der Waals surface area (Å²) in [5, 5.41) is 17.6. The summed E-state index contributed by atoms with van der Waals surface area (Å²) in [4.78, 5) is 3.11. The fourth-order valence-corrected chi connectivity index (χ4v) is 0.553. The smallest absolute Gasteiger partial charge is 0.423 e. The van der Waals surface area contributed by atoms with Crippen molar-refractivity contribution in [2.24, 2.45) is 0 Å². The molecular weight excluding hydrogens is 148 g/mol. The van der Waals surface area contributed by atoms with E-state index in [4.69, 9.17) is 16.9 Å². The maximum absolute atomic E-state index is 13.2. The van der Waals surface area contributed by atoms with Gasteiger partial charge < -0.3 is 10.0 Å². The average Bonchev–Trinajstić information content (AvgIpc) is 2.09. The summed E-state index contributed by atoms with van der Waals surface area (Å²) in [6.07, 6.45) is -1.04. The fourth-order valence-electron chi connectivity index (χ4n) is 0.553. The summed E-state index contributed by atoms with van der Waals surface area (Å²) in [5.41, 5.74) is -1.78. The van der Waals surface area contributed by atoms with E-state index in [-0.39, 0.29) is 0 Å². The molecule has 1 rings (SSSR count). The van der Waals surface area contributed by atoms with Gasteiger partial charge in [0.1, 0.15) is 5.82 Å². The van der Waals surface area contributed by atoms with Gasteiger partial charge in [-0.05, 0) is 12.9 Å². The summed E-state index contributed by atoms with van der Waals surface area (Å²) in [7, 11) is -2.36. The number of hydrogen-bond acceptors (Lipinski definition) is 3. The van der Waals surface area contributed by atoms with E-state index in [1.165, 1.54) is 0 Å². The van der Waals surface area contributed by atoms with Crippen LogP contribution in [0.25, 0.3) is 0 Å². The molecule has 5 heteroatoms. The highest BCUT2D eigenvalue weighted by Crippen LogP contribution is 1.94. The largest absolute Gasteiger partial charge is 0.491 e. The zero-order valence-corrected chi connectivity index (χ0v) is 5.30. The number of halogens is 1. The minimum Gasteiger partial charge on any atom is -0.423 e. The van der Waals surface area contributed by atoms with Crippen molar-refractivity contribution in [1.82, 2.24) is 4.98 Å². The van der Waals surface area contributed by atoms with Crippen molar-refractivity contribution in [3.8, 4) is 0 Å². The summed E-state index contributed by atoms with van der Waals surface area (Å²) >= 11 is 0. The van der Waals surface area contributed by atoms with Gasteiger partial charge in [-0.1, -0.05) is 0 Å². The van der Waals surface area contributed by atoms with E-state index in [0.717, 1.165) is 0 Å². The van der Waals surface area contributed by atoms with E-state index in [0.29, 0.717) is 0 Å². The van der Waals surface area contributed by atoms with Gasteiger partial charge in [0.15, 0.2) is 0 Å². The third-order valence-corrected chi connectivity index (χ3v) is 1.01. The molecule has 0 radical (unpaired) electrons. The second-order valence-electron chi connectivity index (χ2n) is 1.80. The molecule has 0 saturated heterocycles. The molecule has 0 aliphatic carbocycles. The Morgan fingerprint density at radius 1 is 1.82 bits per heavy atom. The second kappa shape index (κ2) is 2.98. The van der Waals surface area contributed by atoms with Crippen LogP contribution in [0.5, 0.6) is 0 Å². The highest BCUT2D eigenvalue weighted by Gasteiger charge is 2.16. The zero-order valence-electron chi connectivity index (χ0n) is 10.3. The molecule has 1 heterocycles. The Labute approximate surface area is 70.7 Å². The number of rotatable bonds is 1. The van der Waals surface area contributed by atoms with Crippen molar-refractivity contribution in [2.45, 2.75) is 6.85 Å². The fraction of sp³-hybridized carbons (Fsp3) is 0.167. The number of aryl methyl sites for hydroxylation is 1. The molecule has 0 unspecified atom stereocenters. The molecule has 1 aromatic heterocycles. The van der Waals surface area contributed by atoms with Crippen molar-refractivity contribution < 1.29 is 21.3 Å². The molecule has 0 aliphatic heterocycles. The van der Waals surface area contributed by atoms with E-state index in [9.17, 15) is 4.39 Å². The molecule has 0 amide bonds. The highest BCUT2D eigenvalue weighted by atomic mass is 19.1. The van der Waals surface area contributed by atoms with Crippen molar-refractivity contribution >= 4 is 12.6 Å². The van der Waals surface area contributed by atoms with E-state index in [2.05, 4.69) is 4.98 Å². The first-order valence-corrected chi connectivity index (χ1v) is 2.69. The lowest BCUT2D eigenvalue weighted by atomic mass is 9.80. The minimum absolute atomic E-state index is 0.831. The summed E-state index contributed by atoms with van der Waals surface area (Å²) in [6.45, 7) is -2.82. The van der Waals surface area contributed by atoms with Crippen LogP contribution < -0.4 is 5.46 Å². The highest BCUT2D eigenvalue weighted by molar-refractivity contribution is 6.58. The Morgan fingerprint density at radius 3 is 3.09 bits per heavy atom. The van der Waals surface area contributed by atoms with Crippen LogP contribution in [0.2, 0.25) is 0 Å². The molecular formula is C6H7BFNO2. The number of hydrogen-bond donors (Lipinski definition) is 2. The van der Waals surface area contributed by atoms with Gasteiger partial charge in [0, 0.05) is 15.3 Å². The van der Waals surface area contributed by atoms with Crippen molar-refractivity contribution in [3.05, 3.63) is 23.7 Å². The second-order valence-corrected chi connectivity index (χ2v) is 1.80. The van der Waals surface area contributed by atoms with Gasteiger partial charge in [-0.2, -0.15) is 0 Å². The van der Waals surface area contributed by atoms with Gasteiger partial charge in [-0.3, -0.25) is 4.98 Å². The third kappa shape index (κ3) is 1.75. The predicted molar refractivity (Wildman–Crippen MR) is 38.8 cm³/mol. The Balaban J connectivity index is 3.57. The maximum atomic E-state index is 13.2. The Bertz CT molecular complexity index is 424. The van der Waals surface area contributed by atoms with Crippen LogP contribution in [0.3, 0.4) is 0 Å². The molecule has 0 fully saturated rings. The Morgan fingerprint density at radius 2 is 2.55 bits per heavy atom. The van der Waals surface area contributed by atoms with Gasteiger partial charge in [0.2, 0.25) is 0 Å². The SMILES string of the molecule is [2H]c1nc(C([2H])([2H])[2H])c([2H])c(B(O)O)c1F. The van der Waals surface area contributed by atoms with E-state index in [1.807, 2.05) is 0 Å².